The molecule has 2 aromatic rings. The Kier molecular flexibility index (Phi) is 4.20. The van der Waals surface area contributed by atoms with Crippen LogP contribution >= 0.6 is 0 Å². The Morgan fingerprint density at radius 1 is 1.38 bits per heavy atom. The van der Waals surface area contributed by atoms with Crippen molar-refractivity contribution in [1.82, 2.24) is 14.8 Å². The number of aryl methyl sites for hydroxylation is 2. The largest absolute Gasteiger partial charge is 0.493 e. The van der Waals surface area contributed by atoms with Crippen molar-refractivity contribution in [3.05, 3.63) is 41.5 Å². The normalized spacial score (nSPS) is 17.5. The Hall–Kier alpha value is -1.88. The zero-order valence-electron chi connectivity index (χ0n) is 12.5. The highest BCUT2D eigenvalue weighted by atomic mass is 16.5. The molecule has 21 heavy (non-hydrogen) atoms. The van der Waals surface area contributed by atoms with Gasteiger partial charge in [0.05, 0.1) is 6.61 Å². The topological polar surface area (TPSA) is 66.0 Å². The van der Waals surface area contributed by atoms with Crippen LogP contribution in [0, 0.1) is 12.8 Å². The summed E-state index contributed by atoms with van der Waals surface area (Å²) < 4.78 is 8.02. The molecule has 1 aliphatic rings. The van der Waals surface area contributed by atoms with E-state index in [1.54, 1.807) is 0 Å². The van der Waals surface area contributed by atoms with E-state index in [1.807, 2.05) is 18.2 Å². The monoisotopic (exact) mass is 286 g/mol. The van der Waals surface area contributed by atoms with Crippen molar-refractivity contribution in [2.45, 2.75) is 32.7 Å². The van der Waals surface area contributed by atoms with Crippen molar-refractivity contribution in [2.75, 3.05) is 13.2 Å². The first kappa shape index (κ1) is 14.1. The predicted octanol–water partition coefficient (Wildman–Crippen LogP) is 1.73. The Morgan fingerprint density at radius 2 is 2.29 bits per heavy atom. The molecule has 0 aliphatic carbocycles. The van der Waals surface area contributed by atoms with Gasteiger partial charge in [-0.3, -0.25) is 0 Å². The maximum atomic E-state index is 5.80. The second-order valence-corrected chi connectivity index (χ2v) is 5.70. The average molecular weight is 286 g/mol. The van der Waals surface area contributed by atoms with Crippen LogP contribution in [0.1, 0.15) is 23.6 Å². The van der Waals surface area contributed by atoms with Gasteiger partial charge in [-0.15, -0.1) is 10.2 Å². The van der Waals surface area contributed by atoms with Gasteiger partial charge in [-0.1, -0.05) is 12.1 Å². The molecule has 2 heterocycles. The Bertz CT molecular complexity index is 608. The summed E-state index contributed by atoms with van der Waals surface area (Å²) in [5.41, 5.74) is 7.00. The lowest BCUT2D eigenvalue weighted by atomic mass is 9.99. The SMILES string of the molecule is Cc1cccc(OCCc2nnc3n2CC(CN)CC3)c1. The minimum atomic E-state index is 0.546. The van der Waals surface area contributed by atoms with Crippen LogP contribution in [0.25, 0.3) is 0 Å². The minimum Gasteiger partial charge on any atom is -0.493 e. The molecule has 0 spiro atoms. The van der Waals surface area contributed by atoms with Crippen LogP contribution in [0.3, 0.4) is 0 Å². The van der Waals surface area contributed by atoms with Crippen molar-refractivity contribution in [2.24, 2.45) is 11.7 Å². The van der Waals surface area contributed by atoms with Crippen LogP contribution in [0.5, 0.6) is 5.75 Å². The molecule has 0 radical (unpaired) electrons. The molecular weight excluding hydrogens is 264 g/mol. The van der Waals surface area contributed by atoms with Gasteiger partial charge >= 0.3 is 0 Å². The zero-order valence-corrected chi connectivity index (χ0v) is 12.5. The molecule has 5 heteroatoms. The summed E-state index contributed by atoms with van der Waals surface area (Å²) in [5.74, 6) is 3.55. The summed E-state index contributed by atoms with van der Waals surface area (Å²) >= 11 is 0. The molecule has 0 amide bonds. The Balaban J connectivity index is 1.60. The minimum absolute atomic E-state index is 0.546. The number of hydrogen-bond acceptors (Lipinski definition) is 4. The van der Waals surface area contributed by atoms with Crippen molar-refractivity contribution in [3.63, 3.8) is 0 Å². The van der Waals surface area contributed by atoms with Crippen molar-refractivity contribution in [3.8, 4) is 5.75 Å². The smallest absolute Gasteiger partial charge is 0.136 e. The second-order valence-electron chi connectivity index (χ2n) is 5.70. The van der Waals surface area contributed by atoms with E-state index in [1.165, 1.54) is 5.56 Å². The molecule has 2 N–H and O–H groups in total. The van der Waals surface area contributed by atoms with Crippen molar-refractivity contribution >= 4 is 0 Å². The first-order valence-corrected chi connectivity index (χ1v) is 7.56. The van der Waals surface area contributed by atoms with Gasteiger partial charge < -0.3 is 15.0 Å². The highest BCUT2D eigenvalue weighted by molar-refractivity contribution is 5.27. The Morgan fingerprint density at radius 3 is 3.10 bits per heavy atom. The first-order chi connectivity index (χ1) is 10.3. The lowest BCUT2D eigenvalue weighted by Gasteiger charge is -2.22. The molecule has 1 atom stereocenters. The van der Waals surface area contributed by atoms with Gasteiger partial charge in [-0.25, -0.2) is 0 Å². The molecule has 0 fully saturated rings. The quantitative estimate of drug-likeness (QED) is 0.909. The van der Waals surface area contributed by atoms with E-state index >= 15 is 0 Å². The van der Waals surface area contributed by atoms with E-state index in [2.05, 4.69) is 27.8 Å². The first-order valence-electron chi connectivity index (χ1n) is 7.56. The molecule has 5 nitrogen and oxygen atoms in total. The number of ether oxygens (including phenoxy) is 1. The number of fused-ring (bicyclic) bond motifs is 1. The summed E-state index contributed by atoms with van der Waals surface area (Å²) in [7, 11) is 0. The molecule has 0 saturated heterocycles. The molecule has 1 aromatic carbocycles. The number of aromatic nitrogens is 3. The number of rotatable bonds is 5. The summed E-state index contributed by atoms with van der Waals surface area (Å²) in [6.07, 6.45) is 2.88. The Labute approximate surface area is 125 Å². The maximum absolute atomic E-state index is 5.80. The summed E-state index contributed by atoms with van der Waals surface area (Å²) in [6, 6.07) is 8.10. The van der Waals surface area contributed by atoms with Crippen LogP contribution in [0.2, 0.25) is 0 Å². The lowest BCUT2D eigenvalue weighted by Crippen LogP contribution is -2.27. The summed E-state index contributed by atoms with van der Waals surface area (Å²) in [4.78, 5) is 0. The van der Waals surface area contributed by atoms with Gasteiger partial charge in [-0.2, -0.15) is 0 Å². The number of nitrogens with two attached hydrogens (primary N) is 1. The van der Waals surface area contributed by atoms with Crippen LogP contribution < -0.4 is 10.5 Å². The van der Waals surface area contributed by atoms with Crippen LogP contribution in [0.15, 0.2) is 24.3 Å². The van der Waals surface area contributed by atoms with Gasteiger partial charge in [-0.05, 0) is 43.5 Å². The maximum Gasteiger partial charge on any atom is 0.136 e. The molecule has 0 bridgehead atoms. The number of nitrogens with zero attached hydrogens (tertiary/aromatic N) is 3. The van der Waals surface area contributed by atoms with E-state index in [-0.39, 0.29) is 0 Å². The third kappa shape index (κ3) is 3.24. The van der Waals surface area contributed by atoms with Gasteiger partial charge in [0.1, 0.15) is 17.4 Å². The van der Waals surface area contributed by atoms with E-state index < -0.39 is 0 Å². The fraction of sp³-hybridized carbons (Fsp3) is 0.500. The van der Waals surface area contributed by atoms with Crippen molar-refractivity contribution in [1.29, 1.82) is 0 Å². The van der Waals surface area contributed by atoms with Gasteiger partial charge in [0, 0.05) is 19.4 Å². The van der Waals surface area contributed by atoms with Gasteiger partial charge in [0.2, 0.25) is 0 Å². The number of benzene rings is 1. The average Bonchev–Trinajstić information content (AvgIpc) is 2.90. The molecule has 3 rings (SSSR count). The molecule has 112 valence electrons. The molecule has 0 saturated carbocycles. The van der Waals surface area contributed by atoms with Crippen LogP contribution in [0.4, 0.5) is 0 Å². The second kappa shape index (κ2) is 6.26. The van der Waals surface area contributed by atoms with Gasteiger partial charge in [0.15, 0.2) is 0 Å². The van der Waals surface area contributed by atoms with E-state index in [0.29, 0.717) is 12.5 Å². The van der Waals surface area contributed by atoms with E-state index in [9.17, 15) is 0 Å². The summed E-state index contributed by atoms with van der Waals surface area (Å²) in [5, 5.41) is 8.59. The summed E-state index contributed by atoms with van der Waals surface area (Å²) in [6.45, 7) is 4.36. The number of hydrogen-bond donors (Lipinski definition) is 1. The standard InChI is InChI=1S/C16H22N4O/c1-12-3-2-4-14(9-12)21-8-7-16-19-18-15-6-5-13(10-17)11-20(15)16/h2-4,9,13H,5-8,10-11,17H2,1H3. The molecule has 1 aromatic heterocycles. The van der Waals surface area contributed by atoms with Crippen LogP contribution in [-0.4, -0.2) is 27.9 Å². The third-order valence-electron chi connectivity index (χ3n) is 4.04. The molecular formula is C16H22N4O. The van der Waals surface area contributed by atoms with E-state index in [4.69, 9.17) is 10.5 Å². The fourth-order valence-corrected chi connectivity index (χ4v) is 2.79. The fourth-order valence-electron chi connectivity index (χ4n) is 2.79. The van der Waals surface area contributed by atoms with Crippen molar-refractivity contribution < 1.29 is 4.74 Å². The third-order valence-corrected chi connectivity index (χ3v) is 4.04. The van der Waals surface area contributed by atoms with Gasteiger partial charge in [0.25, 0.3) is 0 Å². The predicted molar refractivity (Wildman–Crippen MR) is 81.3 cm³/mol. The highest BCUT2D eigenvalue weighted by Crippen LogP contribution is 2.19. The lowest BCUT2D eigenvalue weighted by molar-refractivity contribution is 0.310. The highest BCUT2D eigenvalue weighted by Gasteiger charge is 2.21. The molecule has 1 aliphatic heterocycles. The molecule has 1 unspecified atom stereocenters. The van der Waals surface area contributed by atoms with E-state index in [0.717, 1.165) is 49.8 Å². The van der Waals surface area contributed by atoms with Crippen LogP contribution in [-0.2, 0) is 19.4 Å². The zero-order chi connectivity index (χ0) is 14.7.